The highest BCUT2D eigenvalue weighted by Gasteiger charge is 2.23. The molecule has 0 atom stereocenters. The van der Waals surface area contributed by atoms with Gasteiger partial charge < -0.3 is 14.6 Å². The predicted octanol–water partition coefficient (Wildman–Crippen LogP) is 4.32. The third-order valence-electron chi connectivity index (χ3n) is 4.79. The van der Waals surface area contributed by atoms with E-state index in [1.807, 2.05) is 38.1 Å². The maximum atomic E-state index is 12.6. The van der Waals surface area contributed by atoms with Crippen molar-refractivity contribution in [1.82, 2.24) is 10.5 Å². The van der Waals surface area contributed by atoms with Gasteiger partial charge in [-0.25, -0.2) is 0 Å². The third kappa shape index (κ3) is 4.62. The average Bonchev–Trinajstić information content (AvgIpc) is 2.80. The van der Waals surface area contributed by atoms with Crippen LogP contribution in [0.25, 0.3) is 0 Å². The summed E-state index contributed by atoms with van der Waals surface area (Å²) < 4.78 is 11.1. The fraction of sp³-hybridized carbons (Fsp3) is 0.500. The van der Waals surface area contributed by atoms with Gasteiger partial charge in [-0.2, -0.15) is 0 Å². The minimum Gasteiger partial charge on any atom is -0.489 e. The molecular weight excluding hydrogens is 316 g/mol. The second kappa shape index (κ2) is 8.19. The van der Waals surface area contributed by atoms with Gasteiger partial charge in [0.25, 0.3) is 5.91 Å². The van der Waals surface area contributed by atoms with Crippen LogP contribution in [0.3, 0.4) is 0 Å². The van der Waals surface area contributed by atoms with Crippen molar-refractivity contribution in [2.45, 2.75) is 65.0 Å². The van der Waals surface area contributed by atoms with Gasteiger partial charge >= 0.3 is 0 Å². The summed E-state index contributed by atoms with van der Waals surface area (Å²) in [6, 6.07) is 8.07. The first-order valence-electron chi connectivity index (χ1n) is 9.09. The molecule has 1 heterocycles. The van der Waals surface area contributed by atoms with E-state index in [0.717, 1.165) is 18.6 Å². The molecule has 1 amide bonds. The number of ether oxygens (including phenoxy) is 1. The summed E-state index contributed by atoms with van der Waals surface area (Å²) in [4.78, 5) is 12.6. The van der Waals surface area contributed by atoms with E-state index >= 15 is 0 Å². The molecule has 0 aliphatic heterocycles. The molecule has 25 heavy (non-hydrogen) atoms. The molecule has 1 saturated carbocycles. The number of hydrogen-bond acceptors (Lipinski definition) is 4. The summed E-state index contributed by atoms with van der Waals surface area (Å²) >= 11 is 0. The molecule has 0 unspecified atom stereocenters. The second-order valence-corrected chi connectivity index (χ2v) is 6.83. The molecule has 0 bridgehead atoms. The summed E-state index contributed by atoms with van der Waals surface area (Å²) in [5.74, 6) is 1.23. The number of nitrogens with one attached hydrogen (secondary N) is 1. The Morgan fingerprint density at radius 1 is 1.16 bits per heavy atom. The summed E-state index contributed by atoms with van der Waals surface area (Å²) in [6.07, 6.45) is 6.93. The van der Waals surface area contributed by atoms with Crippen LogP contribution in [0.5, 0.6) is 5.75 Å². The van der Waals surface area contributed by atoms with E-state index in [0.29, 0.717) is 17.0 Å². The molecule has 0 saturated heterocycles. The van der Waals surface area contributed by atoms with Crippen molar-refractivity contribution >= 4 is 5.91 Å². The van der Waals surface area contributed by atoms with Crippen LogP contribution in [0, 0.1) is 13.8 Å². The van der Waals surface area contributed by atoms with Crippen LogP contribution in [0.1, 0.15) is 65.9 Å². The number of benzene rings is 1. The van der Waals surface area contributed by atoms with Crippen molar-refractivity contribution in [2.75, 3.05) is 0 Å². The zero-order chi connectivity index (χ0) is 17.6. The molecule has 1 aromatic heterocycles. The molecule has 0 spiro atoms. The van der Waals surface area contributed by atoms with Crippen molar-refractivity contribution in [3.05, 3.63) is 46.8 Å². The Kier molecular flexibility index (Phi) is 5.74. The van der Waals surface area contributed by atoms with E-state index in [-0.39, 0.29) is 18.6 Å². The van der Waals surface area contributed by atoms with Crippen LogP contribution in [0.4, 0.5) is 0 Å². The van der Waals surface area contributed by atoms with E-state index in [2.05, 4.69) is 10.5 Å². The first-order valence-corrected chi connectivity index (χ1v) is 9.09. The smallest absolute Gasteiger partial charge is 0.274 e. The van der Waals surface area contributed by atoms with Crippen molar-refractivity contribution in [3.63, 3.8) is 0 Å². The quantitative estimate of drug-likeness (QED) is 0.822. The number of carbonyl (C=O) groups excluding carboxylic acids is 1. The molecule has 3 rings (SSSR count). The number of aromatic nitrogens is 1. The van der Waals surface area contributed by atoms with E-state index in [9.17, 15) is 4.79 Å². The number of amides is 1. The SMILES string of the molecule is Cc1ccc(OCc2c(C(=O)NC3CCCCCC3)noc2C)cc1. The Morgan fingerprint density at radius 3 is 2.52 bits per heavy atom. The molecule has 5 heteroatoms. The van der Waals surface area contributed by atoms with E-state index < -0.39 is 0 Å². The van der Waals surface area contributed by atoms with Crippen LogP contribution in [-0.2, 0) is 6.61 Å². The number of rotatable bonds is 5. The predicted molar refractivity (Wildman–Crippen MR) is 95.7 cm³/mol. The maximum Gasteiger partial charge on any atom is 0.274 e. The number of aryl methyl sites for hydroxylation is 2. The zero-order valence-corrected chi connectivity index (χ0v) is 15.0. The van der Waals surface area contributed by atoms with Crippen molar-refractivity contribution in [2.24, 2.45) is 0 Å². The second-order valence-electron chi connectivity index (χ2n) is 6.83. The third-order valence-corrected chi connectivity index (χ3v) is 4.79. The molecule has 1 aliphatic carbocycles. The van der Waals surface area contributed by atoms with E-state index in [1.165, 1.54) is 31.2 Å². The Hall–Kier alpha value is -2.30. The lowest BCUT2D eigenvalue weighted by Gasteiger charge is -2.15. The summed E-state index contributed by atoms with van der Waals surface area (Å²) in [6.45, 7) is 4.11. The first kappa shape index (κ1) is 17.5. The fourth-order valence-electron chi connectivity index (χ4n) is 3.21. The summed E-state index contributed by atoms with van der Waals surface area (Å²) in [5.41, 5.74) is 2.23. The molecule has 134 valence electrons. The highest BCUT2D eigenvalue weighted by molar-refractivity contribution is 5.93. The minimum atomic E-state index is -0.161. The van der Waals surface area contributed by atoms with Gasteiger partial charge in [0.15, 0.2) is 5.69 Å². The molecule has 1 fully saturated rings. The molecular formula is C20H26N2O3. The van der Waals surface area contributed by atoms with Crippen molar-refractivity contribution in [3.8, 4) is 5.75 Å². The molecule has 1 aromatic carbocycles. The Balaban J connectivity index is 1.65. The molecule has 1 aliphatic rings. The molecule has 1 N–H and O–H groups in total. The number of carbonyl (C=O) groups is 1. The number of nitrogens with zero attached hydrogens (tertiary/aromatic N) is 1. The highest BCUT2D eigenvalue weighted by atomic mass is 16.5. The van der Waals surface area contributed by atoms with Crippen LogP contribution >= 0.6 is 0 Å². The lowest BCUT2D eigenvalue weighted by molar-refractivity contribution is 0.0922. The van der Waals surface area contributed by atoms with Gasteiger partial charge in [0.1, 0.15) is 18.1 Å². The van der Waals surface area contributed by atoms with Crippen molar-refractivity contribution in [1.29, 1.82) is 0 Å². The normalized spacial score (nSPS) is 15.6. The van der Waals surface area contributed by atoms with Gasteiger partial charge in [-0.1, -0.05) is 48.5 Å². The average molecular weight is 342 g/mol. The monoisotopic (exact) mass is 342 g/mol. The van der Waals surface area contributed by atoms with E-state index in [4.69, 9.17) is 9.26 Å². The molecule has 0 radical (unpaired) electrons. The molecule has 2 aromatic rings. The van der Waals surface area contributed by atoms with Crippen LogP contribution < -0.4 is 10.1 Å². The van der Waals surface area contributed by atoms with Crippen molar-refractivity contribution < 1.29 is 14.1 Å². The van der Waals surface area contributed by atoms with Gasteiger partial charge in [0.2, 0.25) is 0 Å². The topological polar surface area (TPSA) is 64.4 Å². The highest BCUT2D eigenvalue weighted by Crippen LogP contribution is 2.20. The van der Waals surface area contributed by atoms with Gasteiger partial charge in [-0.3, -0.25) is 4.79 Å². The minimum absolute atomic E-state index is 0.161. The Bertz CT molecular complexity index is 698. The largest absolute Gasteiger partial charge is 0.489 e. The Morgan fingerprint density at radius 2 is 1.84 bits per heavy atom. The zero-order valence-electron chi connectivity index (χ0n) is 15.0. The van der Waals surface area contributed by atoms with E-state index in [1.54, 1.807) is 0 Å². The van der Waals surface area contributed by atoms with Gasteiger partial charge in [0.05, 0.1) is 5.56 Å². The maximum absolute atomic E-state index is 12.6. The first-order chi connectivity index (χ1) is 12.1. The van der Waals surface area contributed by atoms with Crippen LogP contribution in [0.2, 0.25) is 0 Å². The fourth-order valence-corrected chi connectivity index (χ4v) is 3.21. The lowest BCUT2D eigenvalue weighted by Crippen LogP contribution is -2.35. The molecule has 5 nitrogen and oxygen atoms in total. The van der Waals surface area contributed by atoms with Crippen LogP contribution in [0.15, 0.2) is 28.8 Å². The summed E-state index contributed by atoms with van der Waals surface area (Å²) in [5, 5.41) is 7.08. The van der Waals surface area contributed by atoms with Gasteiger partial charge in [-0.05, 0) is 38.8 Å². The summed E-state index contributed by atoms with van der Waals surface area (Å²) in [7, 11) is 0. The standard InChI is InChI=1S/C20H26N2O3/c1-14-9-11-17(12-10-14)24-13-18-15(2)25-22-19(18)20(23)21-16-7-5-3-4-6-8-16/h9-12,16H,3-8,13H2,1-2H3,(H,21,23). The van der Waals surface area contributed by atoms with Crippen LogP contribution in [-0.4, -0.2) is 17.1 Å². The number of hydrogen-bond donors (Lipinski definition) is 1. The van der Waals surface area contributed by atoms with Gasteiger partial charge in [0, 0.05) is 6.04 Å². The van der Waals surface area contributed by atoms with Gasteiger partial charge in [-0.15, -0.1) is 0 Å². The Labute approximate surface area is 148 Å². The lowest BCUT2D eigenvalue weighted by atomic mass is 10.1.